The number of benzene rings is 2. The zero-order valence-corrected chi connectivity index (χ0v) is 14.7. The van der Waals surface area contributed by atoms with E-state index in [9.17, 15) is 0 Å². The second-order valence-corrected chi connectivity index (χ2v) is 5.61. The molecule has 0 amide bonds. The first-order chi connectivity index (χ1) is 12.7. The number of nitrogens with one attached hydrogen (secondary N) is 2. The Morgan fingerprint density at radius 1 is 0.962 bits per heavy atom. The van der Waals surface area contributed by atoms with E-state index in [1.807, 2.05) is 56.3 Å². The molecule has 0 saturated carbocycles. The Kier molecular flexibility index (Phi) is 5.30. The van der Waals surface area contributed by atoms with Crippen LogP contribution in [-0.2, 0) is 0 Å². The van der Waals surface area contributed by atoms with Crippen LogP contribution in [0.4, 0.5) is 23.1 Å². The van der Waals surface area contributed by atoms with Crippen LogP contribution in [0.15, 0.2) is 54.6 Å². The molecule has 0 spiro atoms. The Morgan fingerprint density at radius 3 is 2.27 bits per heavy atom. The molecule has 0 aliphatic carbocycles. The summed E-state index contributed by atoms with van der Waals surface area (Å²) in [6.45, 7) is 4.51. The first kappa shape index (κ1) is 17.2. The maximum Gasteiger partial charge on any atom is 0.229 e. The highest BCUT2D eigenvalue weighted by atomic mass is 16.5. The number of nitriles is 1. The predicted octanol–water partition coefficient (Wildman–Crippen LogP) is 4.54. The highest BCUT2D eigenvalue weighted by Crippen LogP contribution is 2.21. The fourth-order valence-corrected chi connectivity index (χ4v) is 2.39. The largest absolute Gasteiger partial charge is 0.494 e. The summed E-state index contributed by atoms with van der Waals surface area (Å²) in [5, 5.41) is 15.3. The molecular formula is C20H19N5O. The smallest absolute Gasteiger partial charge is 0.229 e. The fraction of sp³-hybridized carbons (Fsp3) is 0.150. The van der Waals surface area contributed by atoms with Crippen LogP contribution >= 0.6 is 0 Å². The average Bonchev–Trinajstić information content (AvgIpc) is 2.64. The molecule has 2 aromatic carbocycles. The topological polar surface area (TPSA) is 82.9 Å². The van der Waals surface area contributed by atoms with Gasteiger partial charge in [-0.25, -0.2) is 4.98 Å². The van der Waals surface area contributed by atoms with E-state index in [0.717, 1.165) is 22.8 Å². The van der Waals surface area contributed by atoms with Gasteiger partial charge in [-0.1, -0.05) is 0 Å². The van der Waals surface area contributed by atoms with E-state index in [1.54, 1.807) is 12.1 Å². The van der Waals surface area contributed by atoms with Crippen LogP contribution in [0.25, 0.3) is 0 Å². The van der Waals surface area contributed by atoms with Crippen molar-refractivity contribution >= 4 is 23.1 Å². The van der Waals surface area contributed by atoms with Gasteiger partial charge in [0.1, 0.15) is 11.6 Å². The molecule has 0 radical (unpaired) electrons. The second-order valence-electron chi connectivity index (χ2n) is 5.61. The van der Waals surface area contributed by atoms with Gasteiger partial charge in [0.2, 0.25) is 5.95 Å². The molecule has 2 N–H and O–H groups in total. The van der Waals surface area contributed by atoms with Crippen LogP contribution in [0.2, 0.25) is 0 Å². The van der Waals surface area contributed by atoms with Crippen LogP contribution < -0.4 is 15.4 Å². The first-order valence-corrected chi connectivity index (χ1v) is 8.29. The molecule has 26 heavy (non-hydrogen) atoms. The number of nitrogens with zero attached hydrogens (tertiary/aromatic N) is 3. The van der Waals surface area contributed by atoms with Crippen molar-refractivity contribution in [2.24, 2.45) is 0 Å². The van der Waals surface area contributed by atoms with E-state index in [1.165, 1.54) is 0 Å². The summed E-state index contributed by atoms with van der Waals surface area (Å²) in [6.07, 6.45) is 0. The van der Waals surface area contributed by atoms with Crippen LogP contribution in [0.3, 0.4) is 0 Å². The Hall–Kier alpha value is -3.59. The molecule has 130 valence electrons. The van der Waals surface area contributed by atoms with Crippen molar-refractivity contribution in [1.29, 1.82) is 5.26 Å². The number of anilines is 4. The van der Waals surface area contributed by atoms with Crippen molar-refractivity contribution in [1.82, 2.24) is 9.97 Å². The Balaban J connectivity index is 1.75. The maximum absolute atomic E-state index is 8.87. The lowest BCUT2D eigenvalue weighted by molar-refractivity contribution is 0.340. The highest BCUT2D eigenvalue weighted by molar-refractivity contribution is 5.61. The molecule has 3 aromatic rings. The van der Waals surface area contributed by atoms with Crippen molar-refractivity contribution in [3.05, 3.63) is 65.9 Å². The third kappa shape index (κ3) is 4.48. The number of ether oxygens (including phenoxy) is 1. The molecule has 0 atom stereocenters. The van der Waals surface area contributed by atoms with E-state index >= 15 is 0 Å². The van der Waals surface area contributed by atoms with Crippen LogP contribution in [0, 0.1) is 18.3 Å². The van der Waals surface area contributed by atoms with Gasteiger partial charge in [0.15, 0.2) is 0 Å². The predicted molar refractivity (Wildman–Crippen MR) is 102 cm³/mol. The summed E-state index contributed by atoms with van der Waals surface area (Å²) in [4.78, 5) is 8.90. The van der Waals surface area contributed by atoms with Crippen molar-refractivity contribution in [3.63, 3.8) is 0 Å². The van der Waals surface area contributed by atoms with Gasteiger partial charge in [0.05, 0.1) is 18.2 Å². The Morgan fingerprint density at radius 2 is 1.62 bits per heavy atom. The molecule has 0 unspecified atom stereocenters. The third-order valence-electron chi connectivity index (χ3n) is 3.56. The quantitative estimate of drug-likeness (QED) is 0.682. The highest BCUT2D eigenvalue weighted by Gasteiger charge is 2.04. The van der Waals surface area contributed by atoms with Gasteiger partial charge >= 0.3 is 0 Å². The zero-order valence-electron chi connectivity index (χ0n) is 14.7. The number of hydrogen-bond donors (Lipinski definition) is 2. The van der Waals surface area contributed by atoms with Crippen LogP contribution in [0.1, 0.15) is 18.2 Å². The van der Waals surface area contributed by atoms with E-state index in [0.29, 0.717) is 23.9 Å². The standard InChI is InChI=1S/C20H19N5O/c1-3-26-18-10-8-16(9-11-18)23-19-12-14(2)22-20(25-19)24-17-6-4-15(13-21)5-7-17/h4-12H,3H2,1-2H3,(H2,22,23,24,25). The summed E-state index contributed by atoms with van der Waals surface area (Å²) < 4.78 is 5.45. The second kappa shape index (κ2) is 7.99. The van der Waals surface area contributed by atoms with Gasteiger partial charge in [-0.05, 0) is 62.4 Å². The van der Waals surface area contributed by atoms with E-state index in [-0.39, 0.29) is 0 Å². The lowest BCUT2D eigenvalue weighted by Crippen LogP contribution is -2.02. The number of aromatic nitrogens is 2. The Bertz CT molecular complexity index is 914. The number of aryl methyl sites for hydroxylation is 1. The van der Waals surface area contributed by atoms with E-state index in [4.69, 9.17) is 10.00 Å². The first-order valence-electron chi connectivity index (χ1n) is 8.29. The van der Waals surface area contributed by atoms with Gasteiger partial charge < -0.3 is 15.4 Å². The molecule has 0 aliphatic heterocycles. The summed E-state index contributed by atoms with van der Waals surface area (Å²) in [5.74, 6) is 2.01. The lowest BCUT2D eigenvalue weighted by atomic mass is 10.2. The molecule has 3 rings (SSSR count). The summed E-state index contributed by atoms with van der Waals surface area (Å²) in [5.41, 5.74) is 3.18. The van der Waals surface area contributed by atoms with Crippen molar-refractivity contribution in [2.45, 2.75) is 13.8 Å². The molecular weight excluding hydrogens is 326 g/mol. The summed E-state index contributed by atoms with van der Waals surface area (Å²) in [6, 6.07) is 18.8. The minimum Gasteiger partial charge on any atom is -0.494 e. The van der Waals surface area contributed by atoms with Gasteiger partial charge in [0, 0.05) is 23.1 Å². The summed E-state index contributed by atoms with van der Waals surface area (Å²) >= 11 is 0. The van der Waals surface area contributed by atoms with Gasteiger partial charge in [-0.2, -0.15) is 10.2 Å². The molecule has 0 saturated heterocycles. The molecule has 0 bridgehead atoms. The van der Waals surface area contributed by atoms with Gasteiger partial charge in [0.25, 0.3) is 0 Å². The van der Waals surface area contributed by atoms with Crippen molar-refractivity contribution in [3.8, 4) is 11.8 Å². The molecule has 1 aromatic heterocycles. The monoisotopic (exact) mass is 345 g/mol. The summed E-state index contributed by atoms with van der Waals surface area (Å²) in [7, 11) is 0. The zero-order chi connectivity index (χ0) is 18.4. The van der Waals surface area contributed by atoms with Crippen LogP contribution in [0.5, 0.6) is 5.75 Å². The number of hydrogen-bond acceptors (Lipinski definition) is 6. The lowest BCUT2D eigenvalue weighted by Gasteiger charge is -2.11. The number of rotatable bonds is 6. The molecule has 6 heteroatoms. The van der Waals surface area contributed by atoms with Gasteiger partial charge in [-0.3, -0.25) is 0 Å². The minimum absolute atomic E-state index is 0.489. The van der Waals surface area contributed by atoms with Crippen molar-refractivity contribution < 1.29 is 4.74 Å². The molecule has 0 aliphatic rings. The molecule has 0 fully saturated rings. The van der Waals surface area contributed by atoms with Crippen LogP contribution in [-0.4, -0.2) is 16.6 Å². The SMILES string of the molecule is CCOc1ccc(Nc2cc(C)nc(Nc3ccc(C#N)cc3)n2)cc1. The van der Waals surface area contributed by atoms with Crippen molar-refractivity contribution in [2.75, 3.05) is 17.2 Å². The molecule has 1 heterocycles. The van der Waals surface area contributed by atoms with E-state index < -0.39 is 0 Å². The third-order valence-corrected chi connectivity index (χ3v) is 3.56. The van der Waals surface area contributed by atoms with Gasteiger partial charge in [-0.15, -0.1) is 0 Å². The normalized spacial score (nSPS) is 10.0. The minimum atomic E-state index is 0.489. The fourth-order valence-electron chi connectivity index (χ4n) is 2.39. The maximum atomic E-state index is 8.87. The average molecular weight is 345 g/mol. The Labute approximate surface area is 152 Å². The van der Waals surface area contributed by atoms with E-state index in [2.05, 4.69) is 26.7 Å². The molecule has 6 nitrogen and oxygen atoms in total.